The fourth-order valence-electron chi connectivity index (χ4n) is 3.56. The SMILES string of the molecule is CN1CCCC1c1nc(C(=O)NCc2ccccc2)c2ccccn12.O=C(O)C(F)(F)F. The molecular weight excluding hydrogens is 425 g/mol. The second-order valence-electron chi connectivity index (χ2n) is 7.38. The van der Waals surface area contributed by atoms with Crippen molar-refractivity contribution in [3.8, 4) is 0 Å². The molecule has 1 aromatic carbocycles. The number of nitrogens with zero attached hydrogens (tertiary/aromatic N) is 3. The number of aliphatic carboxylic acids is 1. The van der Waals surface area contributed by atoms with E-state index in [9.17, 15) is 18.0 Å². The molecule has 2 N–H and O–H groups in total. The number of halogens is 3. The lowest BCUT2D eigenvalue weighted by Crippen LogP contribution is -2.23. The molecule has 1 amide bonds. The third-order valence-corrected chi connectivity index (χ3v) is 5.15. The molecule has 7 nitrogen and oxygen atoms in total. The van der Waals surface area contributed by atoms with Crippen LogP contribution in [0.2, 0.25) is 0 Å². The highest BCUT2D eigenvalue weighted by molar-refractivity contribution is 5.99. The number of carboxylic acids is 1. The highest BCUT2D eigenvalue weighted by Gasteiger charge is 2.38. The predicted molar refractivity (Wildman–Crippen MR) is 111 cm³/mol. The predicted octanol–water partition coefficient (Wildman–Crippen LogP) is 3.66. The summed E-state index contributed by atoms with van der Waals surface area (Å²) in [6, 6.07) is 16.1. The number of aromatic nitrogens is 2. The zero-order valence-electron chi connectivity index (χ0n) is 17.3. The van der Waals surface area contributed by atoms with Gasteiger partial charge in [-0.2, -0.15) is 13.2 Å². The number of hydrogen-bond donors (Lipinski definition) is 2. The third-order valence-electron chi connectivity index (χ3n) is 5.15. The number of carbonyl (C=O) groups excluding carboxylic acids is 1. The van der Waals surface area contributed by atoms with Crippen molar-refractivity contribution < 1.29 is 27.9 Å². The van der Waals surface area contributed by atoms with Gasteiger partial charge in [-0.15, -0.1) is 0 Å². The monoisotopic (exact) mass is 448 g/mol. The zero-order valence-corrected chi connectivity index (χ0v) is 17.3. The number of imidazole rings is 1. The number of amides is 1. The molecule has 1 unspecified atom stereocenters. The molecule has 2 aromatic heterocycles. The van der Waals surface area contributed by atoms with E-state index in [0.717, 1.165) is 29.9 Å². The Bertz CT molecular complexity index is 1080. The number of carbonyl (C=O) groups is 2. The summed E-state index contributed by atoms with van der Waals surface area (Å²) in [5.74, 6) is -1.92. The van der Waals surface area contributed by atoms with Gasteiger partial charge in [0.2, 0.25) is 0 Å². The van der Waals surface area contributed by atoms with Gasteiger partial charge in [0.25, 0.3) is 5.91 Å². The van der Waals surface area contributed by atoms with E-state index in [1.54, 1.807) is 0 Å². The Morgan fingerprint density at radius 2 is 1.81 bits per heavy atom. The number of nitrogens with one attached hydrogen (secondary N) is 1. The normalized spacial score (nSPS) is 16.4. The van der Waals surface area contributed by atoms with Crippen LogP contribution in [0.4, 0.5) is 13.2 Å². The number of benzene rings is 1. The van der Waals surface area contributed by atoms with E-state index in [1.807, 2.05) is 54.7 Å². The average molecular weight is 448 g/mol. The van der Waals surface area contributed by atoms with Crippen molar-refractivity contribution >= 4 is 17.4 Å². The second kappa shape index (κ2) is 9.82. The number of pyridine rings is 1. The molecular formula is C22H23F3N4O3. The first-order valence-electron chi connectivity index (χ1n) is 9.98. The molecule has 170 valence electrons. The summed E-state index contributed by atoms with van der Waals surface area (Å²) in [4.78, 5) is 28.7. The van der Waals surface area contributed by atoms with Gasteiger partial charge in [0.05, 0.1) is 11.6 Å². The summed E-state index contributed by atoms with van der Waals surface area (Å²) >= 11 is 0. The summed E-state index contributed by atoms with van der Waals surface area (Å²) < 4.78 is 33.8. The number of likely N-dealkylation sites (tertiary alicyclic amines) is 1. The molecule has 3 heterocycles. The van der Waals surface area contributed by atoms with E-state index in [2.05, 4.69) is 21.7 Å². The van der Waals surface area contributed by atoms with Crippen molar-refractivity contribution in [3.05, 3.63) is 71.8 Å². The highest BCUT2D eigenvalue weighted by Crippen LogP contribution is 2.31. The van der Waals surface area contributed by atoms with Gasteiger partial charge in [0, 0.05) is 12.7 Å². The largest absolute Gasteiger partial charge is 0.490 e. The first-order valence-corrected chi connectivity index (χ1v) is 9.98. The van der Waals surface area contributed by atoms with Crippen molar-refractivity contribution in [1.29, 1.82) is 0 Å². The van der Waals surface area contributed by atoms with Gasteiger partial charge >= 0.3 is 12.1 Å². The number of carboxylic acid groups (broad SMARTS) is 1. The van der Waals surface area contributed by atoms with Crippen LogP contribution in [0.1, 0.15) is 40.8 Å². The lowest BCUT2D eigenvalue weighted by molar-refractivity contribution is -0.192. The molecule has 1 aliphatic rings. The van der Waals surface area contributed by atoms with Gasteiger partial charge in [-0.3, -0.25) is 9.69 Å². The second-order valence-corrected chi connectivity index (χ2v) is 7.38. The molecule has 10 heteroatoms. The minimum absolute atomic E-state index is 0.126. The minimum Gasteiger partial charge on any atom is -0.475 e. The summed E-state index contributed by atoms with van der Waals surface area (Å²) in [5, 5.41) is 10.1. The lowest BCUT2D eigenvalue weighted by Gasteiger charge is -2.17. The maximum absolute atomic E-state index is 12.7. The number of fused-ring (bicyclic) bond motifs is 1. The van der Waals surface area contributed by atoms with Gasteiger partial charge in [-0.05, 0) is 44.1 Å². The van der Waals surface area contributed by atoms with Crippen LogP contribution in [0.5, 0.6) is 0 Å². The van der Waals surface area contributed by atoms with Crippen LogP contribution < -0.4 is 5.32 Å². The van der Waals surface area contributed by atoms with Crippen LogP contribution in [0, 0.1) is 0 Å². The van der Waals surface area contributed by atoms with Crippen molar-refractivity contribution in [2.75, 3.05) is 13.6 Å². The lowest BCUT2D eigenvalue weighted by atomic mass is 10.2. The summed E-state index contributed by atoms with van der Waals surface area (Å²) in [5.41, 5.74) is 2.45. The molecule has 1 fully saturated rings. The average Bonchev–Trinajstić information content (AvgIpc) is 3.36. The van der Waals surface area contributed by atoms with Crippen molar-refractivity contribution in [1.82, 2.24) is 19.6 Å². The van der Waals surface area contributed by atoms with E-state index in [0.29, 0.717) is 12.2 Å². The Balaban J connectivity index is 0.000000360. The molecule has 0 radical (unpaired) electrons. The quantitative estimate of drug-likeness (QED) is 0.636. The minimum atomic E-state index is -5.08. The van der Waals surface area contributed by atoms with Gasteiger partial charge < -0.3 is 14.8 Å². The topological polar surface area (TPSA) is 86.9 Å². The summed E-state index contributed by atoms with van der Waals surface area (Å²) in [6.07, 6.45) is -0.841. The van der Waals surface area contributed by atoms with Gasteiger partial charge in [-0.25, -0.2) is 9.78 Å². The summed E-state index contributed by atoms with van der Waals surface area (Å²) in [7, 11) is 2.12. The van der Waals surface area contributed by atoms with Crippen LogP contribution in [0.3, 0.4) is 0 Å². The molecule has 1 atom stereocenters. The Hall–Kier alpha value is -3.40. The molecule has 4 rings (SSSR count). The van der Waals surface area contributed by atoms with Crippen LogP contribution >= 0.6 is 0 Å². The Morgan fingerprint density at radius 1 is 1.16 bits per heavy atom. The molecule has 1 saturated heterocycles. The standard InChI is InChI=1S/C20H22N4O.C2HF3O2/c1-23-12-7-11-17(23)19-22-18(16-10-5-6-13-24(16)19)20(25)21-14-15-8-3-2-4-9-15;3-2(4,5)1(6)7/h2-6,8-10,13,17H,7,11-12,14H2,1H3,(H,21,25);(H,6,7). The van der Waals surface area contributed by atoms with E-state index < -0.39 is 12.1 Å². The van der Waals surface area contributed by atoms with Gasteiger partial charge in [0.1, 0.15) is 5.82 Å². The van der Waals surface area contributed by atoms with Gasteiger partial charge in [-0.1, -0.05) is 36.4 Å². The van der Waals surface area contributed by atoms with Crippen molar-refractivity contribution in [3.63, 3.8) is 0 Å². The van der Waals surface area contributed by atoms with Crippen LogP contribution in [0.25, 0.3) is 5.52 Å². The molecule has 1 aliphatic heterocycles. The number of alkyl halides is 3. The Morgan fingerprint density at radius 3 is 2.41 bits per heavy atom. The van der Waals surface area contributed by atoms with Crippen LogP contribution in [0.15, 0.2) is 54.7 Å². The van der Waals surface area contributed by atoms with E-state index in [-0.39, 0.29) is 11.9 Å². The number of rotatable bonds is 4. The fourth-order valence-corrected chi connectivity index (χ4v) is 3.56. The third kappa shape index (κ3) is 5.44. The van der Waals surface area contributed by atoms with Crippen LogP contribution in [-0.2, 0) is 11.3 Å². The van der Waals surface area contributed by atoms with Crippen molar-refractivity contribution in [2.24, 2.45) is 0 Å². The zero-order chi connectivity index (χ0) is 23.3. The molecule has 0 saturated carbocycles. The first kappa shape index (κ1) is 23.3. The van der Waals surface area contributed by atoms with E-state index in [4.69, 9.17) is 14.9 Å². The summed E-state index contributed by atoms with van der Waals surface area (Å²) in [6.45, 7) is 1.58. The molecule has 3 aromatic rings. The van der Waals surface area contributed by atoms with E-state index in [1.165, 1.54) is 6.42 Å². The number of hydrogen-bond acceptors (Lipinski definition) is 4. The Kier molecular flexibility index (Phi) is 7.14. The van der Waals surface area contributed by atoms with E-state index >= 15 is 0 Å². The van der Waals surface area contributed by atoms with Crippen molar-refractivity contribution in [2.45, 2.75) is 31.6 Å². The molecule has 0 bridgehead atoms. The molecule has 0 aliphatic carbocycles. The first-order chi connectivity index (χ1) is 15.2. The smallest absolute Gasteiger partial charge is 0.475 e. The fraction of sp³-hybridized carbons (Fsp3) is 0.318. The maximum atomic E-state index is 12.7. The molecule has 0 spiro atoms. The highest BCUT2D eigenvalue weighted by atomic mass is 19.4. The Labute approximate surface area is 182 Å². The molecule has 32 heavy (non-hydrogen) atoms. The maximum Gasteiger partial charge on any atom is 0.490 e. The van der Waals surface area contributed by atoms with Gasteiger partial charge in [0.15, 0.2) is 5.69 Å². The van der Waals surface area contributed by atoms with Crippen LogP contribution in [-0.4, -0.2) is 51.0 Å².